The minimum atomic E-state index is -0.459. The lowest BCUT2D eigenvalue weighted by molar-refractivity contribution is -0.135. The first-order chi connectivity index (χ1) is 7.93. The minimum Gasteiger partial charge on any atom is -0.385 e. The van der Waals surface area contributed by atoms with E-state index in [1.165, 1.54) is 0 Å². The van der Waals surface area contributed by atoms with Crippen molar-refractivity contribution in [3.05, 3.63) is 0 Å². The highest BCUT2D eigenvalue weighted by molar-refractivity contribution is 5.81. The molecule has 0 aliphatic carbocycles. The number of ether oxygens (including phenoxy) is 1. The number of likely N-dealkylation sites (N-methyl/N-ethyl adjacent to an activating group) is 2. The van der Waals surface area contributed by atoms with Crippen LogP contribution in [-0.2, 0) is 9.53 Å². The van der Waals surface area contributed by atoms with Crippen LogP contribution >= 0.6 is 0 Å². The summed E-state index contributed by atoms with van der Waals surface area (Å²) in [4.78, 5) is 16.0. The molecule has 0 saturated carbocycles. The standard InChI is InChI=1S/C12H27N3O2/c1-6-15(10(2)9-14(3)4)12(16)11(13)7-8-17-5/h10-11H,6-9,13H2,1-5H3. The third-order valence-corrected chi connectivity index (χ3v) is 2.74. The van der Waals surface area contributed by atoms with E-state index in [9.17, 15) is 4.79 Å². The van der Waals surface area contributed by atoms with Gasteiger partial charge in [-0.25, -0.2) is 0 Å². The van der Waals surface area contributed by atoms with Gasteiger partial charge in [0.05, 0.1) is 6.04 Å². The van der Waals surface area contributed by atoms with Crippen LogP contribution in [0, 0.1) is 0 Å². The minimum absolute atomic E-state index is 0.0129. The molecule has 2 N–H and O–H groups in total. The number of nitrogens with zero attached hydrogens (tertiary/aromatic N) is 2. The van der Waals surface area contributed by atoms with Gasteiger partial charge in [0.1, 0.15) is 0 Å². The van der Waals surface area contributed by atoms with E-state index in [1.807, 2.05) is 32.8 Å². The first-order valence-electron chi connectivity index (χ1n) is 6.13. The fourth-order valence-corrected chi connectivity index (χ4v) is 1.89. The third-order valence-electron chi connectivity index (χ3n) is 2.74. The van der Waals surface area contributed by atoms with Gasteiger partial charge in [-0.2, -0.15) is 0 Å². The smallest absolute Gasteiger partial charge is 0.239 e. The number of rotatable bonds is 8. The summed E-state index contributed by atoms with van der Waals surface area (Å²) in [6, 6.07) is -0.282. The molecule has 102 valence electrons. The van der Waals surface area contributed by atoms with Gasteiger partial charge < -0.3 is 20.3 Å². The summed E-state index contributed by atoms with van der Waals surface area (Å²) < 4.78 is 4.94. The van der Waals surface area contributed by atoms with Gasteiger partial charge in [-0.15, -0.1) is 0 Å². The average molecular weight is 245 g/mol. The van der Waals surface area contributed by atoms with E-state index in [1.54, 1.807) is 7.11 Å². The van der Waals surface area contributed by atoms with Crippen LogP contribution in [0.25, 0.3) is 0 Å². The lowest BCUT2D eigenvalue weighted by Gasteiger charge is -2.32. The Hall–Kier alpha value is -0.650. The van der Waals surface area contributed by atoms with Crippen LogP contribution in [0.5, 0.6) is 0 Å². The Morgan fingerprint density at radius 2 is 2.00 bits per heavy atom. The predicted molar refractivity (Wildman–Crippen MR) is 69.9 cm³/mol. The van der Waals surface area contributed by atoms with Crippen LogP contribution in [0.3, 0.4) is 0 Å². The first kappa shape index (κ1) is 16.4. The second kappa shape index (κ2) is 8.44. The number of hydrogen-bond donors (Lipinski definition) is 1. The van der Waals surface area contributed by atoms with Gasteiger partial charge in [-0.05, 0) is 34.4 Å². The fraction of sp³-hybridized carbons (Fsp3) is 0.917. The molecule has 1 amide bonds. The molecule has 5 nitrogen and oxygen atoms in total. The summed E-state index contributed by atoms with van der Waals surface area (Å²) in [5.74, 6) is 0.0129. The maximum absolute atomic E-state index is 12.1. The number of methoxy groups -OCH3 is 1. The molecule has 2 unspecified atom stereocenters. The van der Waals surface area contributed by atoms with Crippen LogP contribution in [0.4, 0.5) is 0 Å². The molecule has 5 heteroatoms. The van der Waals surface area contributed by atoms with Gasteiger partial charge in [-0.3, -0.25) is 4.79 Å². The van der Waals surface area contributed by atoms with Crippen LogP contribution in [0.1, 0.15) is 20.3 Å². The number of nitrogens with two attached hydrogens (primary N) is 1. The second-order valence-corrected chi connectivity index (χ2v) is 4.62. The highest BCUT2D eigenvalue weighted by Crippen LogP contribution is 2.04. The van der Waals surface area contributed by atoms with Crippen LogP contribution in [0.2, 0.25) is 0 Å². The fourth-order valence-electron chi connectivity index (χ4n) is 1.89. The SMILES string of the molecule is CCN(C(=O)C(N)CCOC)C(C)CN(C)C. The monoisotopic (exact) mass is 245 g/mol. The lowest BCUT2D eigenvalue weighted by atomic mass is 10.1. The molecule has 0 radical (unpaired) electrons. The summed E-state index contributed by atoms with van der Waals surface area (Å²) >= 11 is 0. The maximum Gasteiger partial charge on any atom is 0.239 e. The van der Waals surface area contributed by atoms with Crippen molar-refractivity contribution in [2.24, 2.45) is 5.73 Å². The van der Waals surface area contributed by atoms with E-state index in [0.717, 1.165) is 6.54 Å². The zero-order chi connectivity index (χ0) is 13.4. The van der Waals surface area contributed by atoms with Gasteiger partial charge >= 0.3 is 0 Å². The zero-order valence-electron chi connectivity index (χ0n) is 11.8. The summed E-state index contributed by atoms with van der Waals surface area (Å²) in [5.41, 5.74) is 5.86. The van der Waals surface area contributed by atoms with Crippen molar-refractivity contribution in [1.82, 2.24) is 9.80 Å². The van der Waals surface area contributed by atoms with Gasteiger partial charge in [0, 0.05) is 32.8 Å². The summed E-state index contributed by atoms with van der Waals surface area (Å²) in [7, 11) is 5.61. The number of carbonyl (C=O) groups excluding carboxylic acids is 1. The highest BCUT2D eigenvalue weighted by Gasteiger charge is 2.23. The molecule has 0 fully saturated rings. The molecule has 0 heterocycles. The molecular weight excluding hydrogens is 218 g/mol. The summed E-state index contributed by atoms with van der Waals surface area (Å²) in [6.45, 7) is 6.08. The molecule has 2 atom stereocenters. The largest absolute Gasteiger partial charge is 0.385 e. The third kappa shape index (κ3) is 6.00. The zero-order valence-corrected chi connectivity index (χ0v) is 11.8. The molecule has 0 aromatic rings. The molecule has 0 aromatic carbocycles. The van der Waals surface area contributed by atoms with Crippen LogP contribution in [0.15, 0.2) is 0 Å². The normalized spacial score (nSPS) is 14.8. The molecule has 0 aliphatic heterocycles. The second-order valence-electron chi connectivity index (χ2n) is 4.62. The van der Waals surface area contributed by atoms with E-state index in [0.29, 0.717) is 19.6 Å². The molecule has 0 aliphatic rings. The average Bonchev–Trinajstić information content (AvgIpc) is 2.25. The quantitative estimate of drug-likeness (QED) is 0.661. The highest BCUT2D eigenvalue weighted by atomic mass is 16.5. The summed E-state index contributed by atoms with van der Waals surface area (Å²) in [5, 5.41) is 0. The van der Waals surface area contributed by atoms with E-state index in [4.69, 9.17) is 10.5 Å². The van der Waals surface area contributed by atoms with Crippen LogP contribution in [-0.4, -0.2) is 68.7 Å². The topological polar surface area (TPSA) is 58.8 Å². The molecular formula is C12H27N3O2. The van der Waals surface area contributed by atoms with E-state index >= 15 is 0 Å². The molecule has 17 heavy (non-hydrogen) atoms. The Kier molecular flexibility index (Phi) is 8.12. The van der Waals surface area contributed by atoms with Crippen molar-refractivity contribution in [3.63, 3.8) is 0 Å². The Morgan fingerprint density at radius 1 is 1.41 bits per heavy atom. The number of hydrogen-bond acceptors (Lipinski definition) is 4. The number of carbonyl (C=O) groups is 1. The Labute approximate surface area is 105 Å². The summed E-state index contributed by atoms with van der Waals surface area (Å²) in [6.07, 6.45) is 0.570. The van der Waals surface area contributed by atoms with Crippen molar-refractivity contribution >= 4 is 5.91 Å². The first-order valence-corrected chi connectivity index (χ1v) is 6.13. The van der Waals surface area contributed by atoms with Crippen molar-refractivity contribution < 1.29 is 9.53 Å². The molecule has 0 aromatic heterocycles. The van der Waals surface area contributed by atoms with E-state index in [-0.39, 0.29) is 11.9 Å². The van der Waals surface area contributed by atoms with E-state index in [2.05, 4.69) is 4.90 Å². The van der Waals surface area contributed by atoms with Gasteiger partial charge in [0.15, 0.2) is 0 Å². The Morgan fingerprint density at radius 3 is 2.41 bits per heavy atom. The predicted octanol–water partition coefficient (Wildman–Crippen LogP) is 0.149. The van der Waals surface area contributed by atoms with Crippen LogP contribution < -0.4 is 5.73 Å². The van der Waals surface area contributed by atoms with Crippen molar-refractivity contribution in [2.75, 3.05) is 40.9 Å². The van der Waals surface area contributed by atoms with Gasteiger partial charge in [0.2, 0.25) is 5.91 Å². The molecule has 0 rings (SSSR count). The van der Waals surface area contributed by atoms with Crippen molar-refractivity contribution in [2.45, 2.75) is 32.4 Å². The van der Waals surface area contributed by atoms with Crippen molar-refractivity contribution in [1.29, 1.82) is 0 Å². The van der Waals surface area contributed by atoms with Gasteiger partial charge in [0.25, 0.3) is 0 Å². The van der Waals surface area contributed by atoms with Gasteiger partial charge in [-0.1, -0.05) is 0 Å². The maximum atomic E-state index is 12.1. The lowest BCUT2D eigenvalue weighted by Crippen LogP contribution is -2.50. The van der Waals surface area contributed by atoms with Crippen molar-refractivity contribution in [3.8, 4) is 0 Å². The molecule has 0 bridgehead atoms. The van der Waals surface area contributed by atoms with E-state index < -0.39 is 6.04 Å². The Balaban J connectivity index is 4.37. The Bertz CT molecular complexity index is 222. The number of amides is 1. The molecule has 0 saturated heterocycles. The molecule has 0 spiro atoms.